The molecule has 2 saturated heterocycles. The van der Waals surface area contributed by atoms with E-state index in [0.717, 1.165) is 55.6 Å². The van der Waals surface area contributed by atoms with Crippen molar-refractivity contribution < 1.29 is 9.53 Å². The van der Waals surface area contributed by atoms with E-state index >= 15 is 0 Å². The number of thiazole rings is 1. The largest absolute Gasteiger partial charge is 0.493 e. The quantitative estimate of drug-likeness (QED) is 0.499. The van der Waals surface area contributed by atoms with Crippen molar-refractivity contribution in [2.24, 2.45) is 5.92 Å². The molecule has 0 radical (unpaired) electrons. The van der Waals surface area contributed by atoms with Gasteiger partial charge in [0.15, 0.2) is 5.13 Å². The number of hydrogen-bond donors (Lipinski definition) is 1. The van der Waals surface area contributed by atoms with Crippen LogP contribution in [0.15, 0.2) is 23.6 Å². The van der Waals surface area contributed by atoms with Crippen molar-refractivity contribution in [2.75, 3.05) is 64.8 Å². The number of urea groups is 1. The standard InChI is InChI=1S/C29H43N5O2S/c1-3-36-27-12-11-24(23-9-5-4-6-10-23)18-25(27)26-21-37-28(30-26)31-29(35)34-16-14-33(15-17-34)20-22-8-7-13-32(2)19-22/h11-12,18,21-23H,3-10,13-17,19-20H2,1-2H3,(H,30,31,35). The van der Waals surface area contributed by atoms with E-state index in [1.54, 1.807) is 0 Å². The van der Waals surface area contributed by atoms with Crippen LogP contribution in [0.1, 0.15) is 63.4 Å². The molecule has 7 nitrogen and oxygen atoms in total. The Labute approximate surface area is 226 Å². The highest BCUT2D eigenvalue weighted by Gasteiger charge is 2.26. The van der Waals surface area contributed by atoms with Crippen molar-refractivity contribution in [1.29, 1.82) is 0 Å². The second-order valence-corrected chi connectivity index (χ2v) is 11.9. The Morgan fingerprint density at radius 1 is 1.08 bits per heavy atom. The lowest BCUT2D eigenvalue weighted by Gasteiger charge is -2.38. The number of piperazine rings is 1. The topological polar surface area (TPSA) is 60.9 Å². The molecule has 2 aromatic rings. The number of nitrogens with zero attached hydrogens (tertiary/aromatic N) is 4. The summed E-state index contributed by atoms with van der Waals surface area (Å²) in [6.45, 7) is 9.63. The zero-order valence-corrected chi connectivity index (χ0v) is 23.4. The summed E-state index contributed by atoms with van der Waals surface area (Å²) in [4.78, 5) is 24.7. The van der Waals surface area contributed by atoms with Crippen LogP contribution in [-0.2, 0) is 0 Å². The zero-order valence-electron chi connectivity index (χ0n) is 22.6. The minimum Gasteiger partial charge on any atom is -0.493 e. The number of aromatic nitrogens is 1. The molecule has 8 heteroatoms. The van der Waals surface area contributed by atoms with Crippen LogP contribution in [0.25, 0.3) is 11.3 Å². The Morgan fingerprint density at radius 2 is 1.89 bits per heavy atom. The van der Waals surface area contributed by atoms with Crippen LogP contribution in [-0.4, -0.2) is 85.2 Å². The predicted octanol–water partition coefficient (Wildman–Crippen LogP) is 5.75. The molecule has 1 aromatic carbocycles. The number of rotatable bonds is 7. The van der Waals surface area contributed by atoms with Crippen molar-refractivity contribution in [1.82, 2.24) is 19.7 Å². The summed E-state index contributed by atoms with van der Waals surface area (Å²) < 4.78 is 5.95. The molecule has 1 N–H and O–H groups in total. The molecule has 3 aliphatic rings. The van der Waals surface area contributed by atoms with Crippen molar-refractivity contribution in [3.63, 3.8) is 0 Å². The van der Waals surface area contributed by atoms with E-state index in [9.17, 15) is 4.79 Å². The number of carbonyl (C=O) groups is 1. The number of piperidine rings is 1. The van der Waals surface area contributed by atoms with E-state index in [0.29, 0.717) is 17.7 Å². The van der Waals surface area contributed by atoms with E-state index in [4.69, 9.17) is 9.72 Å². The van der Waals surface area contributed by atoms with Crippen molar-refractivity contribution in [3.8, 4) is 17.0 Å². The number of anilines is 1. The number of nitrogens with one attached hydrogen (secondary N) is 1. The molecule has 5 rings (SSSR count). The van der Waals surface area contributed by atoms with Crippen LogP contribution in [0, 0.1) is 5.92 Å². The summed E-state index contributed by atoms with van der Waals surface area (Å²) in [5.74, 6) is 2.25. The Kier molecular flexibility index (Phi) is 9.00. The highest BCUT2D eigenvalue weighted by molar-refractivity contribution is 7.14. The highest BCUT2D eigenvalue weighted by atomic mass is 32.1. The molecule has 0 bridgehead atoms. The Hall–Kier alpha value is -2.16. The van der Waals surface area contributed by atoms with Gasteiger partial charge in [0.05, 0.1) is 12.3 Å². The molecule has 1 atom stereocenters. The molecule has 37 heavy (non-hydrogen) atoms. The van der Waals surface area contributed by atoms with E-state index < -0.39 is 0 Å². The van der Waals surface area contributed by atoms with Crippen molar-refractivity contribution in [3.05, 3.63) is 29.1 Å². The lowest BCUT2D eigenvalue weighted by Crippen LogP contribution is -2.51. The van der Waals surface area contributed by atoms with Gasteiger partial charge in [-0.3, -0.25) is 10.2 Å². The van der Waals surface area contributed by atoms with Crippen LogP contribution < -0.4 is 10.1 Å². The van der Waals surface area contributed by atoms with Gasteiger partial charge in [-0.05, 0) is 75.7 Å². The van der Waals surface area contributed by atoms with E-state index in [1.807, 2.05) is 17.2 Å². The smallest absolute Gasteiger partial charge is 0.323 e. The third-order valence-electron chi connectivity index (χ3n) is 8.27. The number of hydrogen-bond acceptors (Lipinski definition) is 6. The molecule has 2 aliphatic heterocycles. The van der Waals surface area contributed by atoms with Crippen LogP contribution in [0.3, 0.4) is 0 Å². The van der Waals surface area contributed by atoms with Gasteiger partial charge in [-0.15, -0.1) is 11.3 Å². The van der Waals surface area contributed by atoms with Gasteiger partial charge in [0.25, 0.3) is 0 Å². The average molecular weight is 526 g/mol. The highest BCUT2D eigenvalue weighted by Crippen LogP contribution is 2.39. The van der Waals surface area contributed by atoms with Gasteiger partial charge in [-0.25, -0.2) is 9.78 Å². The lowest BCUT2D eigenvalue weighted by atomic mass is 9.83. The van der Waals surface area contributed by atoms with Gasteiger partial charge in [0.1, 0.15) is 5.75 Å². The van der Waals surface area contributed by atoms with Crippen LogP contribution >= 0.6 is 11.3 Å². The number of likely N-dealkylation sites (tertiary alicyclic amines) is 1. The van der Waals surface area contributed by atoms with Crippen LogP contribution in [0.4, 0.5) is 9.93 Å². The van der Waals surface area contributed by atoms with E-state index in [1.165, 1.54) is 74.9 Å². The van der Waals surface area contributed by atoms with Crippen molar-refractivity contribution in [2.45, 2.75) is 57.8 Å². The molecular weight excluding hydrogens is 482 g/mol. The SMILES string of the molecule is CCOc1ccc(C2CCCCC2)cc1-c1csc(NC(=O)N2CCN(CC3CCCN(C)C3)CC2)n1. The Morgan fingerprint density at radius 3 is 2.65 bits per heavy atom. The van der Waals surface area contributed by atoms with Crippen molar-refractivity contribution >= 4 is 22.5 Å². The second kappa shape index (κ2) is 12.6. The molecule has 2 amide bonds. The Bertz CT molecular complexity index is 1030. The fourth-order valence-corrected chi connectivity index (χ4v) is 6.97. The molecule has 3 heterocycles. The number of benzene rings is 1. The third-order valence-corrected chi connectivity index (χ3v) is 9.03. The summed E-state index contributed by atoms with van der Waals surface area (Å²) in [5, 5.41) is 5.75. The van der Waals surface area contributed by atoms with Gasteiger partial charge < -0.3 is 14.5 Å². The molecule has 1 unspecified atom stereocenters. The first-order valence-corrected chi connectivity index (χ1v) is 15.2. The van der Waals surface area contributed by atoms with E-state index in [-0.39, 0.29) is 6.03 Å². The Balaban J connectivity index is 1.18. The fraction of sp³-hybridized carbons (Fsp3) is 0.655. The summed E-state index contributed by atoms with van der Waals surface area (Å²) in [7, 11) is 2.23. The van der Waals surface area contributed by atoms with Gasteiger partial charge in [0.2, 0.25) is 0 Å². The minimum atomic E-state index is -0.0427. The molecule has 202 valence electrons. The number of amides is 2. The van der Waals surface area contributed by atoms with Gasteiger partial charge in [-0.2, -0.15) is 0 Å². The van der Waals surface area contributed by atoms with Crippen LogP contribution in [0.5, 0.6) is 5.75 Å². The number of carbonyl (C=O) groups excluding carboxylic acids is 1. The maximum absolute atomic E-state index is 13.0. The first kappa shape index (κ1) is 26.4. The van der Waals surface area contributed by atoms with Crippen LogP contribution in [0.2, 0.25) is 0 Å². The summed E-state index contributed by atoms with van der Waals surface area (Å²) in [6.07, 6.45) is 9.12. The summed E-state index contributed by atoms with van der Waals surface area (Å²) in [6, 6.07) is 6.56. The third kappa shape index (κ3) is 6.84. The zero-order chi connectivity index (χ0) is 25.6. The minimum absolute atomic E-state index is 0.0427. The molecule has 1 aromatic heterocycles. The summed E-state index contributed by atoms with van der Waals surface area (Å²) in [5.41, 5.74) is 3.29. The molecule has 3 fully saturated rings. The molecule has 0 spiro atoms. The predicted molar refractivity (Wildman–Crippen MR) is 152 cm³/mol. The first-order chi connectivity index (χ1) is 18.1. The second-order valence-electron chi connectivity index (χ2n) is 11.0. The lowest BCUT2D eigenvalue weighted by molar-refractivity contribution is 0.109. The summed E-state index contributed by atoms with van der Waals surface area (Å²) >= 11 is 1.49. The molecular formula is C29H43N5O2S. The molecule has 1 saturated carbocycles. The maximum Gasteiger partial charge on any atom is 0.323 e. The fourth-order valence-electron chi connectivity index (χ4n) is 6.27. The van der Waals surface area contributed by atoms with Gasteiger partial charge >= 0.3 is 6.03 Å². The average Bonchev–Trinajstić information content (AvgIpc) is 3.38. The number of ether oxygens (including phenoxy) is 1. The normalized spacial score (nSPS) is 22.2. The molecule has 1 aliphatic carbocycles. The van der Waals surface area contributed by atoms with Gasteiger partial charge in [-0.1, -0.05) is 25.3 Å². The monoisotopic (exact) mass is 525 g/mol. The first-order valence-electron chi connectivity index (χ1n) is 14.3. The maximum atomic E-state index is 13.0. The van der Waals surface area contributed by atoms with E-state index in [2.05, 4.69) is 40.4 Å². The van der Waals surface area contributed by atoms with Gasteiger partial charge in [0, 0.05) is 50.2 Å².